The second kappa shape index (κ2) is 7.27. The second-order valence-electron chi connectivity index (χ2n) is 5.10. The Morgan fingerprint density at radius 2 is 1.71 bits per heavy atom. The summed E-state index contributed by atoms with van der Waals surface area (Å²) in [4.78, 5) is 23.2. The van der Waals surface area contributed by atoms with Crippen LogP contribution in [0.15, 0.2) is 0 Å². The van der Waals surface area contributed by atoms with E-state index in [9.17, 15) is 9.59 Å². The van der Waals surface area contributed by atoms with Gasteiger partial charge in [-0.3, -0.25) is 9.59 Å². The normalized spacial score (nSPS) is 14.8. The molecule has 4 N–H and O–H groups in total. The van der Waals surface area contributed by atoms with Gasteiger partial charge in [0.1, 0.15) is 6.04 Å². The lowest BCUT2D eigenvalue weighted by molar-refractivity contribution is -0.129. The maximum Gasteiger partial charge on any atom is 0.240 e. The van der Waals surface area contributed by atoms with Gasteiger partial charge in [-0.25, -0.2) is 0 Å². The molecule has 0 fully saturated rings. The van der Waals surface area contributed by atoms with E-state index < -0.39 is 11.9 Å². The van der Waals surface area contributed by atoms with E-state index in [2.05, 4.69) is 10.6 Å². The molecule has 5 heteroatoms. The highest BCUT2D eigenvalue weighted by atomic mass is 16.2. The van der Waals surface area contributed by atoms with Crippen molar-refractivity contribution in [3.63, 3.8) is 0 Å². The molecular weight excluding hydrogens is 218 g/mol. The summed E-state index contributed by atoms with van der Waals surface area (Å²) in [6.07, 6.45) is 0.565. The molecule has 0 saturated heterocycles. The summed E-state index contributed by atoms with van der Waals surface area (Å²) in [6.45, 7) is 7.87. The smallest absolute Gasteiger partial charge is 0.240 e. The Morgan fingerprint density at radius 1 is 1.18 bits per heavy atom. The van der Waals surface area contributed by atoms with Crippen LogP contribution in [0.2, 0.25) is 0 Å². The van der Waals surface area contributed by atoms with Crippen molar-refractivity contribution >= 4 is 11.8 Å². The van der Waals surface area contributed by atoms with Crippen LogP contribution < -0.4 is 16.4 Å². The quantitative estimate of drug-likeness (QED) is 0.599. The van der Waals surface area contributed by atoms with Crippen molar-refractivity contribution in [1.29, 1.82) is 0 Å². The Kier molecular flexibility index (Phi) is 6.80. The topological polar surface area (TPSA) is 84.2 Å². The third-order valence-corrected chi connectivity index (χ3v) is 2.63. The Morgan fingerprint density at radius 3 is 2.00 bits per heavy atom. The first-order valence-corrected chi connectivity index (χ1v) is 6.06. The molecule has 0 aliphatic carbocycles. The number of amides is 2. The van der Waals surface area contributed by atoms with Crippen LogP contribution in [0.1, 0.15) is 34.1 Å². The van der Waals surface area contributed by atoms with E-state index in [1.807, 2.05) is 27.7 Å². The van der Waals surface area contributed by atoms with E-state index >= 15 is 0 Å². The van der Waals surface area contributed by atoms with E-state index in [-0.39, 0.29) is 17.9 Å². The van der Waals surface area contributed by atoms with Gasteiger partial charge >= 0.3 is 0 Å². The highest BCUT2D eigenvalue weighted by Crippen LogP contribution is 2.06. The minimum absolute atomic E-state index is 0.160. The highest BCUT2D eigenvalue weighted by molar-refractivity contribution is 5.89. The van der Waals surface area contributed by atoms with Crippen LogP contribution in [0.3, 0.4) is 0 Å². The zero-order valence-corrected chi connectivity index (χ0v) is 11.4. The molecule has 0 aliphatic heterocycles. The maximum atomic E-state index is 11.9. The van der Waals surface area contributed by atoms with Gasteiger partial charge in [-0.15, -0.1) is 0 Å². The van der Waals surface area contributed by atoms with E-state index in [4.69, 9.17) is 5.73 Å². The number of hydrogen-bond acceptors (Lipinski definition) is 3. The molecule has 2 atom stereocenters. The molecular formula is C12H25N3O2. The van der Waals surface area contributed by atoms with Gasteiger partial charge in [0.15, 0.2) is 0 Å². The third kappa shape index (κ3) is 5.68. The van der Waals surface area contributed by atoms with Gasteiger partial charge < -0.3 is 16.4 Å². The lowest BCUT2D eigenvalue weighted by Gasteiger charge is -2.23. The van der Waals surface area contributed by atoms with Crippen molar-refractivity contribution in [2.45, 2.75) is 46.2 Å². The summed E-state index contributed by atoms with van der Waals surface area (Å²) in [5.74, 6) is -0.190. The van der Waals surface area contributed by atoms with Crippen LogP contribution in [0.5, 0.6) is 0 Å². The third-order valence-electron chi connectivity index (χ3n) is 2.63. The molecule has 0 rings (SSSR count). The summed E-state index contributed by atoms with van der Waals surface area (Å²) < 4.78 is 0. The van der Waals surface area contributed by atoms with Gasteiger partial charge in [-0.1, -0.05) is 27.7 Å². The SMILES string of the molecule is CN[C@H](C(=O)N[C@@H](CC(C)C)C(N)=O)C(C)C. The first-order valence-electron chi connectivity index (χ1n) is 6.06. The summed E-state index contributed by atoms with van der Waals surface area (Å²) >= 11 is 0. The standard InChI is InChI=1S/C12H25N3O2/c1-7(2)6-9(11(13)16)15-12(17)10(14-5)8(3)4/h7-10,14H,6H2,1-5H3,(H2,13,16)(H,15,17)/t9-,10-/m0/s1. The molecule has 2 amide bonds. The zero-order chi connectivity index (χ0) is 13.6. The van der Waals surface area contributed by atoms with Crippen LogP contribution in [0.25, 0.3) is 0 Å². The van der Waals surface area contributed by atoms with Gasteiger partial charge in [0, 0.05) is 0 Å². The molecule has 0 aliphatic rings. The fourth-order valence-corrected chi connectivity index (χ4v) is 1.75. The fraction of sp³-hybridized carbons (Fsp3) is 0.833. The molecule has 0 spiro atoms. The molecule has 0 heterocycles. The predicted molar refractivity (Wildman–Crippen MR) is 68.3 cm³/mol. The lowest BCUT2D eigenvalue weighted by atomic mass is 10.0. The van der Waals surface area contributed by atoms with Crippen molar-refractivity contribution in [2.24, 2.45) is 17.6 Å². The molecule has 0 unspecified atom stereocenters. The second-order valence-corrected chi connectivity index (χ2v) is 5.10. The maximum absolute atomic E-state index is 11.9. The Bertz CT molecular complexity index is 264. The molecule has 0 bridgehead atoms. The number of hydrogen-bond donors (Lipinski definition) is 3. The van der Waals surface area contributed by atoms with Crippen LogP contribution in [-0.2, 0) is 9.59 Å². The minimum atomic E-state index is -0.586. The fourth-order valence-electron chi connectivity index (χ4n) is 1.75. The number of carbonyl (C=O) groups excluding carboxylic acids is 2. The number of nitrogens with one attached hydrogen (secondary N) is 2. The number of primary amides is 1. The predicted octanol–water partition coefficient (Wildman–Crippen LogP) is 0.247. The van der Waals surface area contributed by atoms with Gasteiger partial charge in [-0.2, -0.15) is 0 Å². The molecule has 17 heavy (non-hydrogen) atoms. The average Bonchev–Trinajstić information content (AvgIpc) is 2.15. The Hall–Kier alpha value is -1.10. The number of likely N-dealkylation sites (N-methyl/N-ethyl adjacent to an activating group) is 1. The number of rotatable bonds is 7. The van der Waals surface area contributed by atoms with E-state index in [0.29, 0.717) is 12.3 Å². The van der Waals surface area contributed by atoms with Crippen LogP contribution >= 0.6 is 0 Å². The largest absolute Gasteiger partial charge is 0.368 e. The Balaban J connectivity index is 4.54. The monoisotopic (exact) mass is 243 g/mol. The van der Waals surface area contributed by atoms with Crippen LogP contribution in [-0.4, -0.2) is 30.9 Å². The van der Waals surface area contributed by atoms with Gasteiger partial charge in [-0.05, 0) is 25.3 Å². The molecule has 0 saturated carbocycles. The van der Waals surface area contributed by atoms with E-state index in [0.717, 1.165) is 0 Å². The van der Waals surface area contributed by atoms with Crippen molar-refractivity contribution in [1.82, 2.24) is 10.6 Å². The average molecular weight is 243 g/mol. The van der Waals surface area contributed by atoms with Crippen molar-refractivity contribution < 1.29 is 9.59 Å². The zero-order valence-electron chi connectivity index (χ0n) is 11.4. The first kappa shape index (κ1) is 15.9. The van der Waals surface area contributed by atoms with Crippen molar-refractivity contribution in [3.05, 3.63) is 0 Å². The van der Waals surface area contributed by atoms with Gasteiger partial charge in [0.05, 0.1) is 6.04 Å². The first-order chi connectivity index (χ1) is 7.79. The lowest BCUT2D eigenvalue weighted by Crippen LogP contribution is -2.53. The van der Waals surface area contributed by atoms with Gasteiger partial charge in [0.25, 0.3) is 0 Å². The highest BCUT2D eigenvalue weighted by Gasteiger charge is 2.25. The van der Waals surface area contributed by atoms with E-state index in [1.165, 1.54) is 0 Å². The van der Waals surface area contributed by atoms with Gasteiger partial charge in [0.2, 0.25) is 11.8 Å². The molecule has 100 valence electrons. The summed E-state index contributed by atoms with van der Waals surface area (Å²) in [5.41, 5.74) is 5.28. The molecule has 0 aromatic carbocycles. The molecule has 0 aromatic heterocycles. The van der Waals surface area contributed by atoms with E-state index in [1.54, 1.807) is 7.05 Å². The molecule has 0 aromatic rings. The van der Waals surface area contributed by atoms with Crippen LogP contribution in [0, 0.1) is 11.8 Å². The molecule has 5 nitrogen and oxygen atoms in total. The van der Waals surface area contributed by atoms with Crippen LogP contribution in [0.4, 0.5) is 0 Å². The Labute approximate surface area is 104 Å². The summed E-state index contributed by atoms with van der Waals surface area (Å²) in [6, 6.07) is -0.888. The molecule has 0 radical (unpaired) electrons. The number of nitrogens with two attached hydrogens (primary N) is 1. The summed E-state index contributed by atoms with van der Waals surface area (Å²) in [7, 11) is 1.73. The van der Waals surface area contributed by atoms with Crippen molar-refractivity contribution in [3.8, 4) is 0 Å². The summed E-state index contributed by atoms with van der Waals surface area (Å²) in [5, 5.41) is 5.64. The minimum Gasteiger partial charge on any atom is -0.368 e. The number of carbonyl (C=O) groups is 2. The van der Waals surface area contributed by atoms with Crippen molar-refractivity contribution in [2.75, 3.05) is 7.05 Å².